The van der Waals surface area contributed by atoms with Gasteiger partial charge in [0.1, 0.15) is 0 Å². The fourth-order valence-electron chi connectivity index (χ4n) is 1.97. The summed E-state index contributed by atoms with van der Waals surface area (Å²) in [7, 11) is 0. The Hall–Kier alpha value is -1.62. The van der Waals surface area contributed by atoms with Gasteiger partial charge in [-0.1, -0.05) is 0 Å². The Kier molecular flexibility index (Phi) is 2.46. The number of oxazole rings is 1. The molecular weight excluding hydrogens is 204 g/mol. The van der Waals surface area contributed by atoms with E-state index in [2.05, 4.69) is 20.6 Å². The van der Waals surface area contributed by atoms with Crippen molar-refractivity contribution in [1.29, 1.82) is 0 Å². The third-order valence-corrected chi connectivity index (χ3v) is 2.83. The highest BCUT2D eigenvalue weighted by Crippen LogP contribution is 2.18. The fraction of sp³-hybridized carbons (Fsp3) is 0.455. The predicted molar refractivity (Wildman–Crippen MR) is 61.3 cm³/mol. The van der Waals surface area contributed by atoms with E-state index in [-0.39, 0.29) is 0 Å². The first-order valence-corrected chi connectivity index (χ1v) is 5.60. The topological polar surface area (TPSA) is 63.0 Å². The Morgan fingerprint density at radius 1 is 1.38 bits per heavy atom. The van der Waals surface area contributed by atoms with Crippen molar-refractivity contribution in [1.82, 2.24) is 15.3 Å². The molecule has 0 amide bonds. The standard InChI is InChI=1S/C11H14N4O/c1-2-9-10(13-5-1)15-11(16-9)14-8-3-6-12-7-4-8/h1-2,5,8,12H,3-4,6-7H2,(H,13,14,15). The minimum atomic E-state index is 0.453. The van der Waals surface area contributed by atoms with Gasteiger partial charge in [-0.15, -0.1) is 0 Å². The molecule has 1 aliphatic heterocycles. The minimum absolute atomic E-state index is 0.453. The summed E-state index contributed by atoms with van der Waals surface area (Å²) in [4.78, 5) is 8.44. The normalized spacial score (nSPS) is 17.8. The van der Waals surface area contributed by atoms with E-state index >= 15 is 0 Å². The van der Waals surface area contributed by atoms with Crippen LogP contribution in [0.3, 0.4) is 0 Å². The van der Waals surface area contributed by atoms with Crippen LogP contribution in [0.2, 0.25) is 0 Å². The van der Waals surface area contributed by atoms with Crippen molar-refractivity contribution in [2.75, 3.05) is 18.4 Å². The number of rotatable bonds is 2. The summed E-state index contributed by atoms with van der Waals surface area (Å²) in [6.07, 6.45) is 3.93. The second-order valence-electron chi connectivity index (χ2n) is 4.01. The second-order valence-corrected chi connectivity index (χ2v) is 4.01. The molecule has 5 heteroatoms. The first-order chi connectivity index (χ1) is 7.92. The Labute approximate surface area is 93.3 Å². The zero-order chi connectivity index (χ0) is 10.8. The van der Waals surface area contributed by atoms with Crippen LogP contribution in [0.25, 0.3) is 11.2 Å². The van der Waals surface area contributed by atoms with Crippen molar-refractivity contribution in [2.45, 2.75) is 18.9 Å². The zero-order valence-electron chi connectivity index (χ0n) is 8.94. The van der Waals surface area contributed by atoms with Crippen molar-refractivity contribution < 1.29 is 4.42 Å². The van der Waals surface area contributed by atoms with Crippen molar-refractivity contribution in [3.8, 4) is 0 Å². The molecule has 0 atom stereocenters. The van der Waals surface area contributed by atoms with Gasteiger partial charge in [0.2, 0.25) is 5.65 Å². The van der Waals surface area contributed by atoms with E-state index in [1.165, 1.54) is 0 Å². The molecule has 3 heterocycles. The van der Waals surface area contributed by atoms with Gasteiger partial charge < -0.3 is 15.1 Å². The van der Waals surface area contributed by atoms with Crippen LogP contribution >= 0.6 is 0 Å². The molecule has 2 aromatic heterocycles. The van der Waals surface area contributed by atoms with Gasteiger partial charge in [-0.05, 0) is 38.1 Å². The van der Waals surface area contributed by atoms with E-state index in [9.17, 15) is 0 Å². The highest BCUT2D eigenvalue weighted by atomic mass is 16.4. The minimum Gasteiger partial charge on any atom is -0.422 e. The lowest BCUT2D eigenvalue weighted by atomic mass is 10.1. The molecule has 2 aromatic rings. The number of piperidine rings is 1. The molecule has 0 aliphatic carbocycles. The highest BCUT2D eigenvalue weighted by Gasteiger charge is 2.15. The van der Waals surface area contributed by atoms with Crippen LogP contribution < -0.4 is 10.6 Å². The number of aromatic nitrogens is 2. The van der Waals surface area contributed by atoms with Gasteiger partial charge in [-0.25, -0.2) is 4.98 Å². The predicted octanol–water partition coefficient (Wildman–Crippen LogP) is 1.39. The Bertz CT molecular complexity index is 443. The van der Waals surface area contributed by atoms with Crippen molar-refractivity contribution in [2.24, 2.45) is 0 Å². The van der Waals surface area contributed by atoms with Crippen molar-refractivity contribution >= 4 is 17.2 Å². The lowest BCUT2D eigenvalue weighted by Crippen LogP contribution is -2.35. The number of anilines is 1. The van der Waals surface area contributed by atoms with Gasteiger partial charge in [-0.2, -0.15) is 4.98 Å². The van der Waals surface area contributed by atoms with Crippen molar-refractivity contribution in [3.63, 3.8) is 0 Å². The lowest BCUT2D eigenvalue weighted by molar-refractivity contribution is 0.466. The molecule has 2 N–H and O–H groups in total. The van der Waals surface area contributed by atoms with Crippen LogP contribution in [0.5, 0.6) is 0 Å². The summed E-state index contributed by atoms with van der Waals surface area (Å²) >= 11 is 0. The largest absolute Gasteiger partial charge is 0.422 e. The molecule has 1 aliphatic rings. The number of nitrogens with zero attached hydrogens (tertiary/aromatic N) is 2. The van der Waals surface area contributed by atoms with Crippen LogP contribution in [0, 0.1) is 0 Å². The Morgan fingerprint density at radius 3 is 3.06 bits per heavy atom. The molecule has 0 bridgehead atoms. The van der Waals surface area contributed by atoms with Crippen LogP contribution in [0.1, 0.15) is 12.8 Å². The molecule has 16 heavy (non-hydrogen) atoms. The summed E-state index contributed by atoms with van der Waals surface area (Å²) in [5.74, 6) is 0. The Balaban J connectivity index is 1.78. The van der Waals surface area contributed by atoms with Crippen LogP contribution in [-0.4, -0.2) is 29.1 Å². The van der Waals surface area contributed by atoms with E-state index in [4.69, 9.17) is 4.42 Å². The molecule has 3 rings (SSSR count). The first kappa shape index (κ1) is 9.59. The molecule has 0 saturated carbocycles. The number of fused-ring (bicyclic) bond motifs is 1. The third-order valence-electron chi connectivity index (χ3n) is 2.83. The SMILES string of the molecule is c1cnc2nc(NC3CCNCC3)oc2c1. The molecule has 0 radical (unpaired) electrons. The second kappa shape index (κ2) is 4.09. The summed E-state index contributed by atoms with van der Waals surface area (Å²) < 4.78 is 5.57. The summed E-state index contributed by atoms with van der Waals surface area (Å²) in [6.45, 7) is 2.10. The fourth-order valence-corrected chi connectivity index (χ4v) is 1.97. The summed E-state index contributed by atoms with van der Waals surface area (Å²) in [5, 5.41) is 6.64. The maximum absolute atomic E-state index is 5.57. The molecule has 84 valence electrons. The molecule has 0 unspecified atom stereocenters. The zero-order valence-corrected chi connectivity index (χ0v) is 8.94. The number of nitrogens with one attached hydrogen (secondary N) is 2. The maximum atomic E-state index is 5.57. The number of hydrogen-bond donors (Lipinski definition) is 2. The summed E-state index contributed by atoms with van der Waals surface area (Å²) in [5.41, 5.74) is 1.40. The van der Waals surface area contributed by atoms with Crippen LogP contribution in [0.15, 0.2) is 22.7 Å². The van der Waals surface area contributed by atoms with E-state index < -0.39 is 0 Å². The lowest BCUT2D eigenvalue weighted by Gasteiger charge is -2.22. The maximum Gasteiger partial charge on any atom is 0.297 e. The van der Waals surface area contributed by atoms with Gasteiger partial charge >= 0.3 is 0 Å². The van der Waals surface area contributed by atoms with E-state index in [1.807, 2.05) is 12.1 Å². The molecule has 1 saturated heterocycles. The molecule has 0 spiro atoms. The van der Waals surface area contributed by atoms with Crippen molar-refractivity contribution in [3.05, 3.63) is 18.3 Å². The van der Waals surface area contributed by atoms with Gasteiger partial charge in [0, 0.05) is 12.2 Å². The highest BCUT2D eigenvalue weighted by molar-refractivity contribution is 5.69. The van der Waals surface area contributed by atoms with Gasteiger partial charge in [0.25, 0.3) is 6.01 Å². The average molecular weight is 218 g/mol. The number of hydrogen-bond acceptors (Lipinski definition) is 5. The van der Waals surface area contributed by atoms with Gasteiger partial charge in [0.15, 0.2) is 5.58 Å². The van der Waals surface area contributed by atoms with E-state index in [0.29, 0.717) is 17.7 Å². The molecule has 5 nitrogen and oxygen atoms in total. The average Bonchev–Trinajstić information content (AvgIpc) is 2.72. The smallest absolute Gasteiger partial charge is 0.297 e. The van der Waals surface area contributed by atoms with Gasteiger partial charge in [0.05, 0.1) is 0 Å². The molecular formula is C11H14N4O. The van der Waals surface area contributed by atoms with Crippen LogP contribution in [-0.2, 0) is 0 Å². The number of pyridine rings is 1. The molecule has 1 fully saturated rings. The third kappa shape index (κ3) is 1.86. The quantitative estimate of drug-likeness (QED) is 0.797. The Morgan fingerprint density at radius 2 is 2.25 bits per heavy atom. The molecule has 0 aromatic carbocycles. The summed E-state index contributed by atoms with van der Waals surface area (Å²) in [6, 6.07) is 4.76. The monoisotopic (exact) mass is 218 g/mol. The van der Waals surface area contributed by atoms with E-state index in [1.54, 1.807) is 6.20 Å². The van der Waals surface area contributed by atoms with Gasteiger partial charge in [-0.3, -0.25) is 0 Å². The van der Waals surface area contributed by atoms with E-state index in [0.717, 1.165) is 31.5 Å². The van der Waals surface area contributed by atoms with Crippen LogP contribution in [0.4, 0.5) is 6.01 Å². The first-order valence-electron chi connectivity index (χ1n) is 5.60.